The number of hydrogen-bond donors (Lipinski definition) is 1. The van der Waals surface area contributed by atoms with Gasteiger partial charge in [-0.25, -0.2) is 4.79 Å². The second kappa shape index (κ2) is 8.10. The Bertz CT molecular complexity index is 794. The molecule has 1 N–H and O–H groups in total. The van der Waals surface area contributed by atoms with Crippen molar-refractivity contribution >= 4 is 27.6 Å². The summed E-state index contributed by atoms with van der Waals surface area (Å²) in [6, 6.07) is 14.0. The molecule has 2 aromatic rings. The number of nitrogens with one attached hydrogen (secondary N) is 1. The average Bonchev–Trinajstić information content (AvgIpc) is 3.04. The second-order valence-electron chi connectivity index (χ2n) is 6.62. The molecule has 2 amide bonds. The fraction of sp³-hybridized carbons (Fsp3) is 0.350. The molecule has 26 heavy (non-hydrogen) atoms. The number of nitrogens with zero attached hydrogens (tertiary/aromatic N) is 2. The standard InChI is InChI=1S/C20H24BrN3O2/c1-23(2)19(14-5-4-6-17(12-14)26-3)13-22-20(25)24-10-9-15-11-16(21)7-8-18(15)24/h4-8,11-12,19H,9-10,13H2,1-3H3,(H,22,25)/t19-/m1/s1. The quantitative estimate of drug-likeness (QED) is 0.803. The van der Waals surface area contributed by atoms with Crippen LogP contribution in [0.5, 0.6) is 5.75 Å². The Hall–Kier alpha value is -2.05. The number of anilines is 1. The monoisotopic (exact) mass is 417 g/mol. The zero-order valence-electron chi connectivity index (χ0n) is 15.3. The summed E-state index contributed by atoms with van der Waals surface area (Å²) in [6.45, 7) is 1.24. The van der Waals surface area contributed by atoms with Crippen LogP contribution in [0.2, 0.25) is 0 Å². The van der Waals surface area contributed by atoms with Gasteiger partial charge in [0.25, 0.3) is 0 Å². The van der Waals surface area contributed by atoms with E-state index in [1.54, 1.807) is 7.11 Å². The van der Waals surface area contributed by atoms with Gasteiger partial charge in [0.1, 0.15) is 5.75 Å². The molecule has 6 heteroatoms. The van der Waals surface area contributed by atoms with E-state index >= 15 is 0 Å². The third-order valence-electron chi connectivity index (χ3n) is 4.73. The van der Waals surface area contributed by atoms with Crippen LogP contribution in [0.15, 0.2) is 46.9 Å². The average molecular weight is 418 g/mol. The van der Waals surface area contributed by atoms with Gasteiger partial charge >= 0.3 is 6.03 Å². The highest BCUT2D eigenvalue weighted by Gasteiger charge is 2.25. The molecule has 0 spiro atoms. The lowest BCUT2D eigenvalue weighted by atomic mass is 10.1. The zero-order valence-corrected chi connectivity index (χ0v) is 16.9. The van der Waals surface area contributed by atoms with E-state index < -0.39 is 0 Å². The normalized spacial score (nSPS) is 14.3. The minimum atomic E-state index is -0.0548. The van der Waals surface area contributed by atoms with Gasteiger partial charge in [0.05, 0.1) is 13.2 Å². The van der Waals surface area contributed by atoms with Crippen molar-refractivity contribution in [1.82, 2.24) is 10.2 Å². The first-order chi connectivity index (χ1) is 12.5. The van der Waals surface area contributed by atoms with Crippen molar-refractivity contribution in [2.75, 3.05) is 39.2 Å². The fourth-order valence-electron chi connectivity index (χ4n) is 3.31. The van der Waals surface area contributed by atoms with Crippen LogP contribution >= 0.6 is 15.9 Å². The summed E-state index contributed by atoms with van der Waals surface area (Å²) >= 11 is 3.49. The molecule has 3 rings (SSSR count). The Morgan fingerprint density at radius 2 is 2.12 bits per heavy atom. The first-order valence-corrected chi connectivity index (χ1v) is 9.43. The number of amides is 2. The predicted molar refractivity (Wildman–Crippen MR) is 108 cm³/mol. The van der Waals surface area contributed by atoms with Gasteiger partial charge in [-0.15, -0.1) is 0 Å². The van der Waals surface area contributed by atoms with E-state index in [0.717, 1.165) is 27.9 Å². The van der Waals surface area contributed by atoms with Crippen molar-refractivity contribution in [3.8, 4) is 5.75 Å². The summed E-state index contributed by atoms with van der Waals surface area (Å²) < 4.78 is 6.37. The van der Waals surface area contributed by atoms with E-state index in [1.807, 2.05) is 49.3 Å². The van der Waals surface area contributed by atoms with Crippen LogP contribution in [0.4, 0.5) is 10.5 Å². The summed E-state index contributed by atoms with van der Waals surface area (Å²) in [5.74, 6) is 0.819. The smallest absolute Gasteiger partial charge is 0.321 e. The summed E-state index contributed by atoms with van der Waals surface area (Å²) in [4.78, 5) is 16.7. The highest BCUT2D eigenvalue weighted by Crippen LogP contribution is 2.30. The number of benzene rings is 2. The Labute approximate surface area is 163 Å². The number of likely N-dealkylation sites (N-methyl/N-ethyl adjacent to an activating group) is 1. The molecule has 0 aliphatic carbocycles. The van der Waals surface area contributed by atoms with Crippen LogP contribution in [-0.4, -0.2) is 45.2 Å². The third-order valence-corrected chi connectivity index (χ3v) is 5.22. The Kier molecular flexibility index (Phi) is 5.84. The molecular weight excluding hydrogens is 394 g/mol. The number of fused-ring (bicyclic) bond motifs is 1. The molecule has 138 valence electrons. The summed E-state index contributed by atoms with van der Waals surface area (Å²) in [5, 5.41) is 3.09. The number of urea groups is 1. The van der Waals surface area contributed by atoms with E-state index in [-0.39, 0.29) is 12.1 Å². The van der Waals surface area contributed by atoms with E-state index in [2.05, 4.69) is 38.3 Å². The number of carbonyl (C=O) groups is 1. The molecule has 0 unspecified atom stereocenters. The molecule has 0 aromatic heterocycles. The van der Waals surface area contributed by atoms with E-state index in [9.17, 15) is 4.79 Å². The number of rotatable bonds is 5. The van der Waals surface area contributed by atoms with Gasteiger partial charge in [-0.05, 0) is 62.0 Å². The molecule has 1 aliphatic heterocycles. The minimum Gasteiger partial charge on any atom is -0.497 e. The molecule has 0 fully saturated rings. The molecule has 2 aromatic carbocycles. The van der Waals surface area contributed by atoms with Crippen molar-refractivity contribution < 1.29 is 9.53 Å². The highest BCUT2D eigenvalue weighted by molar-refractivity contribution is 9.10. The maximum atomic E-state index is 12.7. The van der Waals surface area contributed by atoms with Crippen LogP contribution in [0.3, 0.4) is 0 Å². The third kappa shape index (κ3) is 4.02. The van der Waals surface area contributed by atoms with Gasteiger partial charge in [-0.3, -0.25) is 4.90 Å². The predicted octanol–water partition coefficient (Wildman–Crippen LogP) is 3.83. The van der Waals surface area contributed by atoms with Crippen molar-refractivity contribution in [3.05, 3.63) is 58.1 Å². The first kappa shape index (κ1) is 18.7. The molecular formula is C20H24BrN3O2. The summed E-state index contributed by atoms with van der Waals surface area (Å²) in [7, 11) is 5.69. The molecule has 0 bridgehead atoms. The number of halogens is 1. The van der Waals surface area contributed by atoms with Gasteiger partial charge < -0.3 is 15.0 Å². The van der Waals surface area contributed by atoms with Crippen LogP contribution in [0.1, 0.15) is 17.2 Å². The first-order valence-electron chi connectivity index (χ1n) is 8.63. The SMILES string of the molecule is COc1cccc([C@@H](CNC(=O)N2CCc3cc(Br)ccc32)N(C)C)c1. The van der Waals surface area contributed by atoms with Crippen LogP contribution < -0.4 is 15.0 Å². The van der Waals surface area contributed by atoms with Crippen LogP contribution in [0, 0.1) is 0 Å². The van der Waals surface area contributed by atoms with Crippen molar-refractivity contribution in [1.29, 1.82) is 0 Å². The zero-order chi connectivity index (χ0) is 18.7. The Balaban J connectivity index is 1.69. The molecule has 0 radical (unpaired) electrons. The molecule has 1 atom stereocenters. The number of carbonyl (C=O) groups excluding carboxylic acids is 1. The Morgan fingerprint density at radius 1 is 1.31 bits per heavy atom. The molecule has 1 heterocycles. The number of hydrogen-bond acceptors (Lipinski definition) is 3. The van der Waals surface area contributed by atoms with Gasteiger partial charge in [-0.1, -0.05) is 28.1 Å². The lowest BCUT2D eigenvalue weighted by Crippen LogP contribution is -2.42. The number of methoxy groups -OCH3 is 1. The second-order valence-corrected chi connectivity index (χ2v) is 7.53. The van der Waals surface area contributed by atoms with E-state index in [0.29, 0.717) is 13.1 Å². The van der Waals surface area contributed by atoms with Crippen molar-refractivity contribution in [2.45, 2.75) is 12.5 Å². The van der Waals surface area contributed by atoms with Crippen LogP contribution in [-0.2, 0) is 6.42 Å². The largest absolute Gasteiger partial charge is 0.497 e. The minimum absolute atomic E-state index is 0.0548. The molecule has 0 saturated heterocycles. The van der Waals surface area contributed by atoms with E-state index in [4.69, 9.17) is 4.74 Å². The van der Waals surface area contributed by atoms with Gasteiger partial charge in [0, 0.05) is 23.2 Å². The lowest BCUT2D eigenvalue weighted by Gasteiger charge is -2.27. The van der Waals surface area contributed by atoms with Gasteiger partial charge in [-0.2, -0.15) is 0 Å². The van der Waals surface area contributed by atoms with Crippen molar-refractivity contribution in [3.63, 3.8) is 0 Å². The van der Waals surface area contributed by atoms with Crippen LogP contribution in [0.25, 0.3) is 0 Å². The van der Waals surface area contributed by atoms with E-state index in [1.165, 1.54) is 5.56 Å². The lowest BCUT2D eigenvalue weighted by molar-refractivity contribution is 0.238. The van der Waals surface area contributed by atoms with Gasteiger partial charge in [0.15, 0.2) is 0 Å². The Morgan fingerprint density at radius 3 is 2.85 bits per heavy atom. The molecule has 5 nitrogen and oxygen atoms in total. The number of ether oxygens (including phenoxy) is 1. The fourth-order valence-corrected chi connectivity index (χ4v) is 3.72. The maximum Gasteiger partial charge on any atom is 0.321 e. The van der Waals surface area contributed by atoms with Crippen molar-refractivity contribution in [2.24, 2.45) is 0 Å². The molecule has 1 aliphatic rings. The summed E-state index contributed by atoms with van der Waals surface area (Å²) in [6.07, 6.45) is 0.884. The topological polar surface area (TPSA) is 44.8 Å². The highest BCUT2D eigenvalue weighted by atomic mass is 79.9. The van der Waals surface area contributed by atoms with Gasteiger partial charge in [0.2, 0.25) is 0 Å². The molecule has 0 saturated carbocycles. The summed E-state index contributed by atoms with van der Waals surface area (Å²) in [5.41, 5.74) is 3.31. The maximum absolute atomic E-state index is 12.7.